The van der Waals surface area contributed by atoms with Gasteiger partial charge < -0.3 is 5.32 Å². The zero-order valence-corrected chi connectivity index (χ0v) is 23.1. The molecule has 7 heteroatoms. The molecule has 0 saturated heterocycles. The predicted octanol–water partition coefficient (Wildman–Crippen LogP) is 6.95. The first kappa shape index (κ1) is 25.4. The highest BCUT2D eigenvalue weighted by molar-refractivity contribution is 7.92. The maximum Gasteiger partial charge on any atom is 0.264 e. The van der Waals surface area contributed by atoms with E-state index in [1.165, 1.54) is 44.1 Å². The zero-order chi connectivity index (χ0) is 26.5. The Balaban J connectivity index is 1.20. The number of nitrogens with zero attached hydrogens (tertiary/aromatic N) is 1. The number of sulfonamides is 1. The molecule has 0 radical (unpaired) electrons. The van der Waals surface area contributed by atoms with E-state index in [0.717, 1.165) is 27.6 Å². The molecule has 4 saturated carbocycles. The highest BCUT2D eigenvalue weighted by atomic mass is 35.5. The third kappa shape index (κ3) is 4.85. The van der Waals surface area contributed by atoms with Crippen molar-refractivity contribution in [1.29, 1.82) is 0 Å². The molecule has 4 aliphatic carbocycles. The molecule has 0 heterocycles. The summed E-state index contributed by atoms with van der Waals surface area (Å²) in [7, 11) is -3.97. The Morgan fingerprint density at radius 3 is 1.97 bits per heavy atom. The molecule has 198 valence electrons. The molecule has 0 unspecified atom stereocenters. The predicted molar refractivity (Wildman–Crippen MR) is 152 cm³/mol. The number of anilines is 2. The SMILES string of the molecule is Cc1ccc(S(=O)(=O)N(CC(=O)Nc2ccc(C34CC5CC(CC(C5)C3)C4)cc2)c2ccc(Cl)cc2)cc1. The number of halogens is 1. The molecule has 7 rings (SSSR count). The van der Waals surface area contributed by atoms with Crippen molar-refractivity contribution >= 4 is 38.9 Å². The molecule has 0 spiro atoms. The highest BCUT2D eigenvalue weighted by Gasteiger charge is 2.51. The standard InChI is InChI=1S/C31H33ClN2O3S/c1-21-2-12-29(13-3-21)38(36,37)34(28-10-6-26(32)7-11-28)20-30(35)33-27-8-4-25(5-9-27)31-17-22-14-23(18-31)16-24(15-22)19-31/h2-13,22-24H,14-20H2,1H3,(H,33,35). The second-order valence-electron chi connectivity index (χ2n) is 11.6. The van der Waals surface area contributed by atoms with E-state index >= 15 is 0 Å². The van der Waals surface area contributed by atoms with Gasteiger partial charge in [0, 0.05) is 10.7 Å². The first-order chi connectivity index (χ1) is 18.2. The summed E-state index contributed by atoms with van der Waals surface area (Å²) in [5.41, 5.74) is 3.69. The normalized spacial score (nSPS) is 25.8. The Morgan fingerprint density at radius 2 is 1.42 bits per heavy atom. The lowest BCUT2D eigenvalue weighted by molar-refractivity contribution is -0.114. The Hall–Kier alpha value is -2.83. The Morgan fingerprint density at radius 1 is 0.868 bits per heavy atom. The maximum atomic E-state index is 13.6. The van der Waals surface area contributed by atoms with E-state index in [-0.39, 0.29) is 11.4 Å². The minimum absolute atomic E-state index is 0.130. The van der Waals surface area contributed by atoms with Crippen LogP contribution in [0.4, 0.5) is 11.4 Å². The van der Waals surface area contributed by atoms with Crippen molar-refractivity contribution in [1.82, 2.24) is 0 Å². The summed E-state index contributed by atoms with van der Waals surface area (Å²) in [5, 5.41) is 3.41. The molecule has 1 amide bonds. The van der Waals surface area contributed by atoms with Crippen molar-refractivity contribution in [3.05, 3.63) is 88.9 Å². The summed E-state index contributed by atoms with van der Waals surface area (Å²) in [6.07, 6.45) is 8.09. The van der Waals surface area contributed by atoms with Crippen molar-refractivity contribution < 1.29 is 13.2 Å². The van der Waals surface area contributed by atoms with E-state index in [4.69, 9.17) is 11.6 Å². The Labute approximate surface area is 230 Å². The fourth-order valence-electron chi connectivity index (χ4n) is 7.46. The monoisotopic (exact) mass is 548 g/mol. The number of carbonyl (C=O) groups is 1. The van der Waals surface area contributed by atoms with Crippen LogP contribution in [0.3, 0.4) is 0 Å². The third-order valence-electron chi connectivity index (χ3n) is 8.83. The molecule has 0 atom stereocenters. The third-order valence-corrected chi connectivity index (χ3v) is 10.9. The molecule has 4 bridgehead atoms. The van der Waals surface area contributed by atoms with Gasteiger partial charge >= 0.3 is 0 Å². The number of rotatable bonds is 7. The molecular weight excluding hydrogens is 516 g/mol. The van der Waals surface area contributed by atoms with Gasteiger partial charge in [0.05, 0.1) is 10.6 Å². The Kier molecular flexibility index (Phi) is 6.51. The topological polar surface area (TPSA) is 66.5 Å². The average Bonchev–Trinajstić information content (AvgIpc) is 2.88. The minimum Gasteiger partial charge on any atom is -0.325 e. The van der Waals surface area contributed by atoms with E-state index in [0.29, 0.717) is 21.8 Å². The minimum atomic E-state index is -3.97. The average molecular weight is 549 g/mol. The fourth-order valence-corrected chi connectivity index (χ4v) is 9.01. The summed E-state index contributed by atoms with van der Waals surface area (Å²) in [6, 6.07) is 21.4. The second-order valence-corrected chi connectivity index (χ2v) is 13.9. The van der Waals surface area contributed by atoms with Gasteiger partial charge in [-0.3, -0.25) is 9.10 Å². The number of hydrogen-bond donors (Lipinski definition) is 1. The zero-order valence-electron chi connectivity index (χ0n) is 21.6. The first-order valence-corrected chi connectivity index (χ1v) is 15.3. The molecular formula is C31H33ClN2O3S. The van der Waals surface area contributed by atoms with Crippen LogP contribution in [0.1, 0.15) is 49.7 Å². The summed E-state index contributed by atoms with van der Waals surface area (Å²) in [6.45, 7) is 1.55. The van der Waals surface area contributed by atoms with Crippen LogP contribution in [-0.2, 0) is 20.2 Å². The number of benzene rings is 3. The van der Waals surface area contributed by atoms with E-state index in [9.17, 15) is 13.2 Å². The lowest BCUT2D eigenvalue weighted by atomic mass is 9.48. The van der Waals surface area contributed by atoms with Gasteiger partial charge in [-0.2, -0.15) is 0 Å². The number of aryl methyl sites for hydroxylation is 1. The molecule has 3 aromatic carbocycles. The molecule has 4 fully saturated rings. The van der Waals surface area contributed by atoms with Crippen LogP contribution < -0.4 is 9.62 Å². The summed E-state index contributed by atoms with van der Waals surface area (Å²) in [4.78, 5) is 13.3. The Bertz CT molecular complexity index is 1400. The largest absolute Gasteiger partial charge is 0.325 e. The van der Waals surface area contributed by atoms with Gasteiger partial charge in [0.2, 0.25) is 5.91 Å². The van der Waals surface area contributed by atoms with Crippen molar-refractivity contribution in [2.24, 2.45) is 17.8 Å². The molecule has 4 aliphatic rings. The number of nitrogens with one attached hydrogen (secondary N) is 1. The molecule has 1 N–H and O–H groups in total. The van der Waals surface area contributed by atoms with Crippen LogP contribution in [0.2, 0.25) is 5.02 Å². The van der Waals surface area contributed by atoms with Crippen LogP contribution in [0.25, 0.3) is 0 Å². The molecule has 38 heavy (non-hydrogen) atoms. The van der Waals surface area contributed by atoms with E-state index in [2.05, 4.69) is 17.4 Å². The van der Waals surface area contributed by atoms with Crippen LogP contribution in [0.5, 0.6) is 0 Å². The van der Waals surface area contributed by atoms with Gasteiger partial charge in [-0.25, -0.2) is 8.42 Å². The second kappa shape index (κ2) is 9.73. The lowest BCUT2D eigenvalue weighted by Crippen LogP contribution is -2.48. The summed E-state index contributed by atoms with van der Waals surface area (Å²) in [5.74, 6) is 2.21. The van der Waals surface area contributed by atoms with Gasteiger partial charge in [0.1, 0.15) is 6.54 Å². The molecule has 0 aliphatic heterocycles. The van der Waals surface area contributed by atoms with Crippen LogP contribution in [-0.4, -0.2) is 20.9 Å². The van der Waals surface area contributed by atoms with E-state index in [1.807, 2.05) is 19.1 Å². The molecule has 0 aromatic heterocycles. The smallest absolute Gasteiger partial charge is 0.264 e. The van der Waals surface area contributed by atoms with Gasteiger partial charge in [-0.15, -0.1) is 0 Å². The number of hydrogen-bond acceptors (Lipinski definition) is 3. The quantitative estimate of drug-likeness (QED) is 0.347. The van der Waals surface area contributed by atoms with Gasteiger partial charge in [-0.05, 0) is 123 Å². The van der Waals surface area contributed by atoms with Crippen LogP contribution >= 0.6 is 11.6 Å². The van der Waals surface area contributed by atoms with Crippen molar-refractivity contribution in [2.75, 3.05) is 16.2 Å². The van der Waals surface area contributed by atoms with Gasteiger partial charge in [0.15, 0.2) is 0 Å². The maximum absolute atomic E-state index is 13.6. The molecule has 3 aromatic rings. The van der Waals surface area contributed by atoms with Crippen molar-refractivity contribution in [2.45, 2.75) is 55.8 Å². The number of amides is 1. The fraction of sp³-hybridized carbons (Fsp3) is 0.387. The lowest BCUT2D eigenvalue weighted by Gasteiger charge is -2.57. The first-order valence-electron chi connectivity index (χ1n) is 13.5. The summed E-state index contributed by atoms with van der Waals surface area (Å²) < 4.78 is 28.3. The van der Waals surface area contributed by atoms with Gasteiger partial charge in [0.25, 0.3) is 10.0 Å². The van der Waals surface area contributed by atoms with Gasteiger partial charge in [-0.1, -0.05) is 41.4 Å². The number of carbonyl (C=O) groups excluding carboxylic acids is 1. The van der Waals surface area contributed by atoms with Crippen molar-refractivity contribution in [3.8, 4) is 0 Å². The highest BCUT2D eigenvalue weighted by Crippen LogP contribution is 2.60. The van der Waals surface area contributed by atoms with E-state index in [1.54, 1.807) is 48.5 Å². The summed E-state index contributed by atoms with van der Waals surface area (Å²) >= 11 is 6.04. The van der Waals surface area contributed by atoms with E-state index < -0.39 is 15.9 Å². The van der Waals surface area contributed by atoms with Crippen molar-refractivity contribution in [3.63, 3.8) is 0 Å². The van der Waals surface area contributed by atoms with Crippen LogP contribution in [0, 0.1) is 24.7 Å². The molecule has 5 nitrogen and oxygen atoms in total. The van der Waals surface area contributed by atoms with Crippen LogP contribution in [0.15, 0.2) is 77.7 Å².